The summed E-state index contributed by atoms with van der Waals surface area (Å²) in [5, 5.41) is 8.30. The summed E-state index contributed by atoms with van der Waals surface area (Å²) in [6.07, 6.45) is 7.06. The van der Waals surface area contributed by atoms with E-state index in [-0.39, 0.29) is 45.9 Å². The molecule has 11 nitrogen and oxygen atoms in total. The summed E-state index contributed by atoms with van der Waals surface area (Å²) in [5.41, 5.74) is 2.06. The van der Waals surface area contributed by atoms with E-state index in [0.717, 1.165) is 11.1 Å². The lowest BCUT2D eigenvalue weighted by Gasteiger charge is -2.17. The molecule has 0 radical (unpaired) electrons. The Balaban J connectivity index is 1.63. The molecule has 0 saturated carbocycles. The van der Waals surface area contributed by atoms with Gasteiger partial charge >= 0.3 is 0 Å². The number of carbonyl (C=O) groups is 1. The first kappa shape index (κ1) is 32.7. The summed E-state index contributed by atoms with van der Waals surface area (Å²) in [4.78, 5) is 38.2. The number of rotatable bonds is 12. The van der Waals surface area contributed by atoms with E-state index in [9.17, 15) is 9.59 Å². The van der Waals surface area contributed by atoms with E-state index in [1.54, 1.807) is 48.4 Å². The Labute approximate surface area is 276 Å². The first-order valence-corrected chi connectivity index (χ1v) is 15.0. The van der Waals surface area contributed by atoms with Crippen molar-refractivity contribution in [1.29, 1.82) is 0 Å². The second-order valence-electron chi connectivity index (χ2n) is 10.8. The van der Waals surface area contributed by atoms with E-state index in [1.165, 1.54) is 18.8 Å². The number of aryl methyl sites for hydroxylation is 1. The Morgan fingerprint density at radius 3 is 2.41 bits per heavy atom. The number of hydrogen-bond donors (Lipinski definition) is 1. The van der Waals surface area contributed by atoms with Gasteiger partial charge in [-0.1, -0.05) is 53.5 Å². The van der Waals surface area contributed by atoms with Gasteiger partial charge in [0.05, 0.1) is 36.4 Å². The van der Waals surface area contributed by atoms with Crippen molar-refractivity contribution in [2.45, 2.75) is 13.0 Å². The number of pyridine rings is 1. The van der Waals surface area contributed by atoms with Gasteiger partial charge in [-0.2, -0.15) is 10.1 Å². The van der Waals surface area contributed by atoms with Crippen LogP contribution in [0.2, 0.25) is 10.0 Å². The molecule has 13 heteroatoms. The summed E-state index contributed by atoms with van der Waals surface area (Å²) in [5.74, 6) is 1.39. The van der Waals surface area contributed by atoms with E-state index < -0.39 is 5.56 Å². The fourth-order valence-electron chi connectivity index (χ4n) is 4.94. The van der Waals surface area contributed by atoms with Crippen LogP contribution in [-0.4, -0.2) is 69.9 Å². The highest BCUT2D eigenvalue weighted by Crippen LogP contribution is 2.45. The third-order valence-corrected chi connectivity index (χ3v) is 7.86. The minimum absolute atomic E-state index is 0.0159. The van der Waals surface area contributed by atoms with Gasteiger partial charge in [0.2, 0.25) is 5.95 Å². The fraction of sp³-hybridized carbons (Fsp3) is 0.242. The van der Waals surface area contributed by atoms with Crippen LogP contribution in [0.15, 0.2) is 71.8 Å². The number of nitrogens with zero attached hydrogens (tertiary/aromatic N) is 6. The van der Waals surface area contributed by atoms with E-state index in [4.69, 9.17) is 37.7 Å². The highest BCUT2D eigenvalue weighted by Gasteiger charge is 2.23. The third kappa shape index (κ3) is 7.23. The minimum atomic E-state index is -0.401. The highest BCUT2D eigenvalue weighted by molar-refractivity contribution is 6.41. The predicted molar refractivity (Wildman–Crippen MR) is 181 cm³/mol. The van der Waals surface area contributed by atoms with Crippen LogP contribution >= 0.6 is 23.2 Å². The molecule has 0 aliphatic rings. The number of methoxy groups -OCH3 is 2. The monoisotopic (exact) mass is 661 g/mol. The second-order valence-corrected chi connectivity index (χ2v) is 11.6. The topological polar surface area (TPSA) is 116 Å². The molecule has 238 valence electrons. The van der Waals surface area contributed by atoms with Crippen LogP contribution in [0, 0.1) is 0 Å². The maximum Gasteiger partial charge on any atom is 0.260 e. The van der Waals surface area contributed by atoms with Crippen molar-refractivity contribution in [1.82, 2.24) is 29.2 Å². The van der Waals surface area contributed by atoms with E-state index in [0.29, 0.717) is 34.9 Å². The minimum Gasteiger partial charge on any atom is -0.495 e. The lowest BCUT2D eigenvalue weighted by molar-refractivity contribution is -0.114. The molecule has 0 spiro atoms. The SMILES string of the molecule is COc1cc(OC)c(Cl)c(-c2cc3cnc(Nc4ccn(C)n4)nc3n(Cc3cccc(CC(=O)/C=C/CN(C)C)c3)c2=O)c1Cl. The third-order valence-electron chi connectivity index (χ3n) is 7.11. The molecule has 0 aliphatic heterocycles. The molecular formula is C33H33Cl2N7O4. The van der Waals surface area contributed by atoms with Crippen LogP contribution < -0.4 is 20.3 Å². The molecule has 5 rings (SSSR count). The molecule has 46 heavy (non-hydrogen) atoms. The summed E-state index contributed by atoms with van der Waals surface area (Å²) in [6, 6.07) is 12.6. The number of likely N-dealkylation sites (N-methyl/N-ethyl adjacent to an activating group) is 1. The van der Waals surface area contributed by atoms with E-state index >= 15 is 0 Å². The standard InChI is InChI=1S/C33H33Cl2N7O4/c1-40(2)12-7-10-23(43)15-20-8-6-9-21(14-20)19-42-31-22(18-36-33(38-31)37-27-11-13-41(3)39-27)16-24(32(42)44)28-29(34)25(45-4)17-26(46-5)30(28)35/h6-11,13-14,16-18H,12,15,19H2,1-5H3,(H,36,37,38,39)/b10-7+. The number of nitrogens with one attached hydrogen (secondary N) is 1. The maximum atomic E-state index is 14.4. The van der Waals surface area contributed by atoms with Crippen molar-refractivity contribution in [3.8, 4) is 22.6 Å². The van der Waals surface area contributed by atoms with E-state index in [2.05, 4.69) is 15.4 Å². The zero-order chi connectivity index (χ0) is 33.0. The van der Waals surface area contributed by atoms with Gasteiger partial charge in [-0.05, 0) is 37.4 Å². The van der Waals surface area contributed by atoms with Crippen LogP contribution in [0.3, 0.4) is 0 Å². The lowest BCUT2D eigenvalue weighted by atomic mass is 10.0. The molecule has 0 unspecified atom stereocenters. The molecule has 5 aromatic rings. The van der Waals surface area contributed by atoms with Gasteiger partial charge in [-0.25, -0.2) is 4.98 Å². The highest BCUT2D eigenvalue weighted by atomic mass is 35.5. The number of allylic oxidation sites excluding steroid dienone is 1. The number of hydrogen-bond acceptors (Lipinski definition) is 9. The van der Waals surface area contributed by atoms with Crippen molar-refractivity contribution in [2.75, 3.05) is 40.2 Å². The Hall–Kier alpha value is -4.71. The Kier molecular flexibility index (Phi) is 10.1. The van der Waals surface area contributed by atoms with Crippen molar-refractivity contribution in [3.63, 3.8) is 0 Å². The molecule has 1 N–H and O–H groups in total. The van der Waals surface area contributed by atoms with Crippen LogP contribution in [0.5, 0.6) is 11.5 Å². The number of aromatic nitrogens is 5. The molecule has 2 aromatic carbocycles. The van der Waals surface area contributed by atoms with Gasteiger partial charge in [0.1, 0.15) is 17.1 Å². The molecule has 0 atom stereocenters. The van der Waals surface area contributed by atoms with Gasteiger partial charge in [0, 0.05) is 55.5 Å². The number of anilines is 2. The van der Waals surface area contributed by atoms with Crippen LogP contribution in [-0.2, 0) is 24.8 Å². The Morgan fingerprint density at radius 1 is 1.04 bits per heavy atom. The summed E-state index contributed by atoms with van der Waals surface area (Å²) in [6.45, 7) is 0.808. The first-order chi connectivity index (χ1) is 22.1. The van der Waals surface area contributed by atoms with E-state index in [1.807, 2.05) is 49.3 Å². The van der Waals surface area contributed by atoms with Crippen LogP contribution in [0.25, 0.3) is 22.2 Å². The Bertz CT molecular complexity index is 1970. The molecule has 0 fully saturated rings. The number of fused-ring (bicyclic) bond motifs is 1. The number of ketones is 1. The van der Waals surface area contributed by atoms with Crippen molar-refractivity contribution in [3.05, 3.63) is 98.5 Å². The van der Waals surface area contributed by atoms with Gasteiger partial charge in [-0.3, -0.25) is 18.8 Å². The van der Waals surface area contributed by atoms with Gasteiger partial charge in [-0.15, -0.1) is 0 Å². The molecule has 0 saturated heterocycles. The summed E-state index contributed by atoms with van der Waals surface area (Å²) in [7, 11) is 8.62. The van der Waals surface area contributed by atoms with Crippen molar-refractivity contribution < 1.29 is 14.3 Å². The molecular weight excluding hydrogens is 629 g/mol. The number of ether oxygens (including phenoxy) is 2. The van der Waals surface area contributed by atoms with Gasteiger partial charge < -0.3 is 19.7 Å². The predicted octanol–water partition coefficient (Wildman–Crippen LogP) is 5.54. The molecule has 0 amide bonds. The molecule has 0 bridgehead atoms. The first-order valence-electron chi connectivity index (χ1n) is 14.3. The fourth-order valence-corrected chi connectivity index (χ4v) is 5.64. The number of halogens is 2. The Morgan fingerprint density at radius 2 is 1.76 bits per heavy atom. The quantitative estimate of drug-likeness (QED) is 0.172. The smallest absolute Gasteiger partial charge is 0.260 e. The number of carbonyl (C=O) groups excluding carboxylic acids is 1. The molecule has 3 heterocycles. The summed E-state index contributed by atoms with van der Waals surface area (Å²) < 4.78 is 14.1. The summed E-state index contributed by atoms with van der Waals surface area (Å²) >= 11 is 13.5. The average molecular weight is 663 g/mol. The number of benzene rings is 2. The zero-order valence-corrected chi connectivity index (χ0v) is 27.6. The van der Waals surface area contributed by atoms with Crippen LogP contribution in [0.1, 0.15) is 11.1 Å². The molecule has 0 aliphatic carbocycles. The van der Waals surface area contributed by atoms with Gasteiger partial charge in [0.15, 0.2) is 11.6 Å². The van der Waals surface area contributed by atoms with Crippen LogP contribution in [0.4, 0.5) is 11.8 Å². The van der Waals surface area contributed by atoms with Crippen molar-refractivity contribution >= 4 is 51.8 Å². The van der Waals surface area contributed by atoms with Crippen molar-refractivity contribution in [2.24, 2.45) is 7.05 Å². The van der Waals surface area contributed by atoms with Gasteiger partial charge in [0.25, 0.3) is 5.56 Å². The normalized spacial score (nSPS) is 11.5. The second kappa shape index (κ2) is 14.2. The lowest BCUT2D eigenvalue weighted by Crippen LogP contribution is -2.24. The average Bonchev–Trinajstić information content (AvgIpc) is 3.43. The maximum absolute atomic E-state index is 14.4. The molecule has 3 aromatic heterocycles. The zero-order valence-electron chi connectivity index (χ0n) is 26.0. The largest absolute Gasteiger partial charge is 0.495 e.